The van der Waals surface area contributed by atoms with Crippen molar-refractivity contribution in [2.24, 2.45) is 5.92 Å². The van der Waals surface area contributed by atoms with E-state index in [4.69, 9.17) is 0 Å². The number of methoxy groups -OCH3 is 1. The molecular weight excluding hydrogens is 278 g/mol. The minimum atomic E-state index is -0.502. The summed E-state index contributed by atoms with van der Waals surface area (Å²) in [5.41, 5.74) is 0. The summed E-state index contributed by atoms with van der Waals surface area (Å²) in [5, 5.41) is 0. The van der Waals surface area contributed by atoms with E-state index in [1.807, 2.05) is 0 Å². The third-order valence-corrected chi connectivity index (χ3v) is 3.31. The normalized spacial score (nSPS) is 18.0. The Morgan fingerprint density at radius 2 is 1.76 bits per heavy atom. The van der Waals surface area contributed by atoms with Crippen molar-refractivity contribution in [1.82, 2.24) is 4.90 Å². The smallest absolute Gasteiger partial charge is 0.305 e. The molecule has 1 rings (SSSR count). The Kier molecular flexibility index (Phi) is 6.20. The number of imide groups is 1. The summed E-state index contributed by atoms with van der Waals surface area (Å²) in [4.78, 5) is 58.2. The molecule has 0 bridgehead atoms. The quantitative estimate of drug-likeness (QED) is 0.362. The van der Waals surface area contributed by atoms with Crippen LogP contribution >= 0.6 is 0 Å². The Morgan fingerprint density at radius 1 is 1.14 bits per heavy atom. The van der Waals surface area contributed by atoms with E-state index in [1.165, 1.54) is 7.11 Å². The van der Waals surface area contributed by atoms with Crippen LogP contribution in [-0.2, 0) is 28.7 Å². The number of ether oxygens (including phenoxy) is 1. The van der Waals surface area contributed by atoms with Gasteiger partial charge in [-0.15, -0.1) is 0 Å². The van der Waals surface area contributed by atoms with Crippen molar-refractivity contribution in [2.75, 3.05) is 13.7 Å². The van der Waals surface area contributed by atoms with E-state index in [0.29, 0.717) is 0 Å². The number of esters is 1. The summed E-state index contributed by atoms with van der Waals surface area (Å²) in [6.07, 6.45) is -0.248. The van der Waals surface area contributed by atoms with E-state index in [9.17, 15) is 24.0 Å². The van der Waals surface area contributed by atoms with Crippen molar-refractivity contribution in [2.45, 2.75) is 39.0 Å². The van der Waals surface area contributed by atoms with Crippen LogP contribution in [0.2, 0.25) is 0 Å². The second kappa shape index (κ2) is 7.66. The van der Waals surface area contributed by atoms with Crippen molar-refractivity contribution >= 4 is 29.4 Å². The van der Waals surface area contributed by atoms with Gasteiger partial charge in [-0.3, -0.25) is 28.9 Å². The van der Waals surface area contributed by atoms with Crippen molar-refractivity contribution < 1.29 is 28.7 Å². The van der Waals surface area contributed by atoms with Gasteiger partial charge in [0.05, 0.1) is 20.0 Å². The summed E-state index contributed by atoms with van der Waals surface area (Å²) in [7, 11) is 1.23. The maximum Gasteiger partial charge on any atom is 0.305 e. The molecule has 1 saturated heterocycles. The van der Waals surface area contributed by atoms with E-state index in [-0.39, 0.29) is 67.9 Å². The van der Waals surface area contributed by atoms with E-state index in [0.717, 1.165) is 4.90 Å². The molecule has 0 aromatic carbocycles. The first-order valence-electron chi connectivity index (χ1n) is 6.79. The van der Waals surface area contributed by atoms with Gasteiger partial charge in [-0.2, -0.15) is 0 Å². The lowest BCUT2D eigenvalue weighted by Crippen LogP contribution is -2.32. The van der Waals surface area contributed by atoms with Crippen LogP contribution < -0.4 is 0 Å². The first-order chi connectivity index (χ1) is 9.85. The van der Waals surface area contributed by atoms with Gasteiger partial charge in [-0.25, -0.2) is 0 Å². The highest BCUT2D eigenvalue weighted by atomic mass is 16.5. The van der Waals surface area contributed by atoms with Crippen LogP contribution in [0.5, 0.6) is 0 Å². The summed E-state index contributed by atoms with van der Waals surface area (Å²) >= 11 is 0. The molecule has 1 unspecified atom stereocenters. The van der Waals surface area contributed by atoms with Crippen LogP contribution in [0.15, 0.2) is 0 Å². The molecule has 0 radical (unpaired) electrons. The fourth-order valence-electron chi connectivity index (χ4n) is 2.06. The Morgan fingerprint density at radius 3 is 2.29 bits per heavy atom. The standard InChI is InChI=1S/C14H19NO6/c1-9-7-12(18)15(14(9)20)6-5-11(17)8-10(16)3-4-13(19)21-2/h9H,3-8H2,1-2H3. The van der Waals surface area contributed by atoms with Crippen LogP contribution in [0, 0.1) is 5.92 Å². The number of hydrogen-bond donors (Lipinski definition) is 0. The lowest BCUT2D eigenvalue weighted by Gasteiger charge is -2.13. The van der Waals surface area contributed by atoms with Crippen LogP contribution in [0.1, 0.15) is 39.0 Å². The molecule has 7 heteroatoms. The minimum Gasteiger partial charge on any atom is -0.469 e. The Balaban J connectivity index is 2.31. The zero-order chi connectivity index (χ0) is 16.0. The second-order valence-corrected chi connectivity index (χ2v) is 5.07. The molecular formula is C14H19NO6. The number of Topliss-reactive ketones (excluding diaryl/α,β-unsaturated/α-hetero) is 2. The second-order valence-electron chi connectivity index (χ2n) is 5.07. The Labute approximate surface area is 122 Å². The lowest BCUT2D eigenvalue weighted by atomic mass is 10.1. The largest absolute Gasteiger partial charge is 0.469 e. The van der Waals surface area contributed by atoms with E-state index < -0.39 is 5.97 Å². The zero-order valence-corrected chi connectivity index (χ0v) is 12.2. The molecule has 7 nitrogen and oxygen atoms in total. The number of rotatable bonds is 8. The van der Waals surface area contributed by atoms with Gasteiger partial charge in [-0.1, -0.05) is 6.92 Å². The van der Waals surface area contributed by atoms with Gasteiger partial charge in [0, 0.05) is 31.7 Å². The maximum atomic E-state index is 11.6. The lowest BCUT2D eigenvalue weighted by molar-refractivity contribution is -0.142. The number of nitrogens with zero attached hydrogens (tertiary/aromatic N) is 1. The number of amides is 2. The first-order valence-corrected chi connectivity index (χ1v) is 6.79. The molecule has 0 spiro atoms. The van der Waals surface area contributed by atoms with Crippen molar-refractivity contribution in [3.63, 3.8) is 0 Å². The third kappa shape index (κ3) is 5.09. The number of likely N-dealkylation sites (tertiary alicyclic amines) is 1. The average Bonchev–Trinajstić information content (AvgIpc) is 2.67. The molecule has 0 aromatic heterocycles. The van der Waals surface area contributed by atoms with Crippen LogP contribution in [0.4, 0.5) is 0 Å². The number of ketones is 2. The highest BCUT2D eigenvalue weighted by Gasteiger charge is 2.35. The van der Waals surface area contributed by atoms with Gasteiger partial charge in [0.1, 0.15) is 11.6 Å². The number of carbonyl (C=O) groups is 5. The van der Waals surface area contributed by atoms with Crippen molar-refractivity contribution in [3.05, 3.63) is 0 Å². The van der Waals surface area contributed by atoms with Crippen LogP contribution in [0.3, 0.4) is 0 Å². The Hall–Kier alpha value is -2.05. The summed E-state index contributed by atoms with van der Waals surface area (Å²) in [6, 6.07) is 0. The zero-order valence-electron chi connectivity index (χ0n) is 12.2. The fraction of sp³-hybridized carbons (Fsp3) is 0.643. The third-order valence-electron chi connectivity index (χ3n) is 3.31. The summed E-state index contributed by atoms with van der Waals surface area (Å²) in [5.74, 6) is -2.09. The van der Waals surface area contributed by atoms with Gasteiger partial charge in [-0.05, 0) is 0 Å². The van der Waals surface area contributed by atoms with Crippen LogP contribution in [-0.4, -0.2) is 47.9 Å². The van der Waals surface area contributed by atoms with E-state index >= 15 is 0 Å². The van der Waals surface area contributed by atoms with Gasteiger partial charge in [0.2, 0.25) is 11.8 Å². The SMILES string of the molecule is COC(=O)CCC(=O)CC(=O)CCN1C(=O)CC(C)C1=O. The van der Waals surface area contributed by atoms with Crippen molar-refractivity contribution in [3.8, 4) is 0 Å². The van der Waals surface area contributed by atoms with Gasteiger partial charge in [0.15, 0.2) is 0 Å². The Bertz CT molecular complexity index is 470. The van der Waals surface area contributed by atoms with E-state index in [2.05, 4.69) is 4.74 Å². The molecule has 0 aromatic rings. The highest BCUT2D eigenvalue weighted by Crippen LogP contribution is 2.18. The molecule has 1 atom stereocenters. The predicted octanol–water partition coefficient (Wildman–Crippen LogP) is 0.253. The molecule has 2 amide bonds. The van der Waals surface area contributed by atoms with Gasteiger partial charge >= 0.3 is 5.97 Å². The van der Waals surface area contributed by atoms with Crippen molar-refractivity contribution in [1.29, 1.82) is 0 Å². The average molecular weight is 297 g/mol. The molecule has 1 aliphatic heterocycles. The van der Waals surface area contributed by atoms with Crippen LogP contribution in [0.25, 0.3) is 0 Å². The van der Waals surface area contributed by atoms with E-state index in [1.54, 1.807) is 6.92 Å². The maximum absolute atomic E-state index is 11.6. The van der Waals surface area contributed by atoms with Gasteiger partial charge in [0.25, 0.3) is 0 Å². The van der Waals surface area contributed by atoms with Gasteiger partial charge < -0.3 is 4.74 Å². The summed E-state index contributed by atoms with van der Waals surface area (Å²) in [6.45, 7) is 1.68. The molecule has 21 heavy (non-hydrogen) atoms. The number of hydrogen-bond acceptors (Lipinski definition) is 6. The predicted molar refractivity (Wildman–Crippen MR) is 71.0 cm³/mol. The monoisotopic (exact) mass is 297 g/mol. The fourth-order valence-corrected chi connectivity index (χ4v) is 2.06. The molecule has 1 fully saturated rings. The first kappa shape index (κ1) is 17.0. The topological polar surface area (TPSA) is 97.8 Å². The molecule has 1 heterocycles. The molecule has 1 aliphatic rings. The minimum absolute atomic E-state index is 0.0190. The highest BCUT2D eigenvalue weighted by molar-refractivity contribution is 6.04. The molecule has 116 valence electrons. The molecule has 0 N–H and O–H groups in total. The number of carbonyl (C=O) groups excluding carboxylic acids is 5. The molecule has 0 aliphatic carbocycles. The molecule has 0 saturated carbocycles. The summed E-state index contributed by atoms with van der Waals surface area (Å²) < 4.78 is 4.40.